The first-order chi connectivity index (χ1) is 19.1. The first kappa shape index (κ1) is 28.0. The topological polar surface area (TPSA) is 115 Å². The number of aromatic nitrogens is 3. The smallest absolute Gasteiger partial charge is 0.213 e. The zero-order valence-corrected chi connectivity index (χ0v) is 22.7. The third-order valence-electron chi connectivity index (χ3n) is 5.68. The standard InChI is InChI=1S/C29H31N5O4S/c1-35-14-16-37-27(30)23-7-5-22(6-8-23)26-19-34(29(33-26)39-20-21-4-3-13-32-18-21)25-11-9-24(10-12-25)28(31)38-17-15-36-2/h3-13,18-19,30-31H,14-17,20H2,1-2H3. The summed E-state index contributed by atoms with van der Waals surface area (Å²) in [5.74, 6) is 0.927. The van der Waals surface area contributed by atoms with Crippen molar-refractivity contribution in [1.29, 1.82) is 10.8 Å². The molecule has 2 aromatic carbocycles. The van der Waals surface area contributed by atoms with E-state index in [9.17, 15) is 0 Å². The van der Waals surface area contributed by atoms with Gasteiger partial charge in [0.25, 0.3) is 0 Å². The summed E-state index contributed by atoms with van der Waals surface area (Å²) in [6, 6.07) is 19.2. The monoisotopic (exact) mass is 545 g/mol. The van der Waals surface area contributed by atoms with Crippen molar-refractivity contribution in [2.45, 2.75) is 10.9 Å². The van der Waals surface area contributed by atoms with Crippen LogP contribution in [0.15, 0.2) is 84.4 Å². The lowest BCUT2D eigenvalue weighted by Gasteiger charge is -2.10. The fourth-order valence-electron chi connectivity index (χ4n) is 3.61. The summed E-state index contributed by atoms with van der Waals surface area (Å²) in [4.78, 5) is 9.15. The maximum Gasteiger partial charge on any atom is 0.213 e. The highest BCUT2D eigenvalue weighted by atomic mass is 32.2. The minimum absolute atomic E-state index is 0.105. The molecule has 9 nitrogen and oxygen atoms in total. The highest BCUT2D eigenvalue weighted by Gasteiger charge is 2.14. The maximum atomic E-state index is 8.16. The van der Waals surface area contributed by atoms with Crippen molar-refractivity contribution >= 4 is 23.6 Å². The van der Waals surface area contributed by atoms with E-state index in [1.807, 2.05) is 77.6 Å². The van der Waals surface area contributed by atoms with E-state index in [0.29, 0.717) is 37.6 Å². The second kappa shape index (κ2) is 14.2. The highest BCUT2D eigenvalue weighted by molar-refractivity contribution is 7.98. The van der Waals surface area contributed by atoms with Crippen LogP contribution in [0.1, 0.15) is 16.7 Å². The van der Waals surface area contributed by atoms with Crippen molar-refractivity contribution < 1.29 is 18.9 Å². The van der Waals surface area contributed by atoms with Gasteiger partial charge in [0.2, 0.25) is 11.8 Å². The maximum absolute atomic E-state index is 8.16. The van der Waals surface area contributed by atoms with Crippen molar-refractivity contribution in [2.75, 3.05) is 40.6 Å². The second-order valence-corrected chi connectivity index (χ2v) is 9.34. The summed E-state index contributed by atoms with van der Waals surface area (Å²) >= 11 is 1.62. The van der Waals surface area contributed by atoms with E-state index in [0.717, 1.165) is 33.4 Å². The van der Waals surface area contributed by atoms with E-state index in [1.165, 1.54) is 0 Å². The molecule has 0 aliphatic carbocycles. The molecule has 2 aromatic heterocycles. The van der Waals surface area contributed by atoms with Crippen molar-refractivity contribution in [3.63, 3.8) is 0 Å². The predicted molar refractivity (Wildman–Crippen MR) is 152 cm³/mol. The third-order valence-corrected chi connectivity index (χ3v) is 6.71. The average molecular weight is 546 g/mol. The molecule has 4 aromatic rings. The van der Waals surface area contributed by atoms with Crippen molar-refractivity contribution in [3.05, 3.63) is 95.9 Å². The van der Waals surface area contributed by atoms with E-state index < -0.39 is 0 Å². The lowest BCUT2D eigenvalue weighted by atomic mass is 10.1. The van der Waals surface area contributed by atoms with Gasteiger partial charge in [-0.05, 0) is 48.0 Å². The lowest BCUT2D eigenvalue weighted by Crippen LogP contribution is -2.10. The number of benzene rings is 2. The molecule has 0 saturated carbocycles. The van der Waals surface area contributed by atoms with E-state index in [1.54, 1.807) is 32.2 Å². The molecule has 2 heterocycles. The molecule has 0 saturated heterocycles. The Morgan fingerprint density at radius 3 is 2.00 bits per heavy atom. The number of imidazole rings is 1. The number of nitrogens with zero attached hydrogens (tertiary/aromatic N) is 3. The molecule has 0 atom stereocenters. The van der Waals surface area contributed by atoms with Crippen LogP contribution in [-0.4, -0.2) is 67.0 Å². The minimum atomic E-state index is 0.105. The zero-order chi connectivity index (χ0) is 27.5. The first-order valence-corrected chi connectivity index (χ1v) is 13.3. The highest BCUT2D eigenvalue weighted by Crippen LogP contribution is 2.29. The quantitative estimate of drug-likeness (QED) is 0.103. The van der Waals surface area contributed by atoms with Crippen LogP contribution in [0.5, 0.6) is 0 Å². The molecule has 0 amide bonds. The number of rotatable bonds is 13. The summed E-state index contributed by atoms with van der Waals surface area (Å²) < 4.78 is 22.9. The van der Waals surface area contributed by atoms with Crippen molar-refractivity contribution in [2.24, 2.45) is 0 Å². The van der Waals surface area contributed by atoms with Gasteiger partial charge in [-0.1, -0.05) is 30.0 Å². The van der Waals surface area contributed by atoms with E-state index >= 15 is 0 Å². The summed E-state index contributed by atoms with van der Waals surface area (Å²) in [5.41, 5.74) is 5.13. The van der Waals surface area contributed by atoms with Gasteiger partial charge in [0.05, 0.1) is 18.9 Å². The van der Waals surface area contributed by atoms with Gasteiger partial charge < -0.3 is 18.9 Å². The van der Waals surface area contributed by atoms with E-state index in [4.69, 9.17) is 34.7 Å². The average Bonchev–Trinajstić information content (AvgIpc) is 3.41. The molecule has 4 rings (SSSR count). The van der Waals surface area contributed by atoms with Gasteiger partial charge in [-0.2, -0.15) is 0 Å². The van der Waals surface area contributed by atoms with Crippen LogP contribution >= 0.6 is 11.8 Å². The molecule has 0 fully saturated rings. The summed E-state index contributed by atoms with van der Waals surface area (Å²) in [6.45, 7) is 1.52. The van der Waals surface area contributed by atoms with Gasteiger partial charge in [-0.25, -0.2) is 4.98 Å². The Kier molecular flexibility index (Phi) is 10.2. The van der Waals surface area contributed by atoms with Crippen molar-refractivity contribution in [1.82, 2.24) is 14.5 Å². The summed E-state index contributed by atoms with van der Waals surface area (Å²) in [6.07, 6.45) is 5.61. The van der Waals surface area contributed by atoms with Crippen LogP contribution in [0.2, 0.25) is 0 Å². The molecule has 202 valence electrons. The fourth-order valence-corrected chi connectivity index (χ4v) is 4.53. The summed E-state index contributed by atoms with van der Waals surface area (Å²) in [7, 11) is 3.20. The Morgan fingerprint density at radius 1 is 0.821 bits per heavy atom. The van der Waals surface area contributed by atoms with Crippen LogP contribution in [-0.2, 0) is 24.7 Å². The number of hydrogen-bond donors (Lipinski definition) is 2. The Morgan fingerprint density at radius 2 is 1.44 bits per heavy atom. The first-order valence-electron chi connectivity index (χ1n) is 12.3. The molecule has 0 bridgehead atoms. The lowest BCUT2D eigenvalue weighted by molar-refractivity contribution is 0.141. The molecule has 39 heavy (non-hydrogen) atoms. The molecular formula is C29H31N5O4S. The van der Waals surface area contributed by atoms with Crippen LogP contribution in [0.3, 0.4) is 0 Å². The number of hydrogen-bond acceptors (Lipinski definition) is 9. The van der Waals surface area contributed by atoms with Gasteiger partial charge in [0, 0.05) is 60.9 Å². The Hall–Kier alpha value is -3.99. The molecule has 0 spiro atoms. The zero-order valence-electron chi connectivity index (χ0n) is 21.9. The largest absolute Gasteiger partial charge is 0.475 e. The number of methoxy groups -OCH3 is 2. The van der Waals surface area contributed by atoms with Crippen LogP contribution in [0.4, 0.5) is 0 Å². The van der Waals surface area contributed by atoms with Gasteiger partial charge in [-0.3, -0.25) is 20.4 Å². The van der Waals surface area contributed by atoms with Crippen molar-refractivity contribution in [3.8, 4) is 16.9 Å². The van der Waals surface area contributed by atoms with Gasteiger partial charge in [-0.15, -0.1) is 0 Å². The second-order valence-electron chi connectivity index (χ2n) is 8.39. The van der Waals surface area contributed by atoms with E-state index in [-0.39, 0.29) is 11.8 Å². The molecule has 2 N–H and O–H groups in total. The molecule has 0 aliphatic rings. The minimum Gasteiger partial charge on any atom is -0.475 e. The molecule has 0 aliphatic heterocycles. The van der Waals surface area contributed by atoms with Gasteiger partial charge in [0.1, 0.15) is 13.2 Å². The Balaban J connectivity index is 1.57. The number of nitrogens with one attached hydrogen (secondary N) is 2. The number of thioether (sulfide) groups is 1. The van der Waals surface area contributed by atoms with Crippen LogP contribution < -0.4 is 0 Å². The Bertz CT molecular complexity index is 1360. The number of ether oxygens (including phenoxy) is 4. The number of pyridine rings is 1. The van der Waals surface area contributed by atoms with Crippen LogP contribution in [0.25, 0.3) is 16.9 Å². The normalized spacial score (nSPS) is 10.8. The third kappa shape index (κ3) is 7.76. The van der Waals surface area contributed by atoms with Gasteiger partial charge >= 0.3 is 0 Å². The molecule has 0 radical (unpaired) electrons. The Labute approximate surface area is 232 Å². The fraction of sp³-hybridized carbons (Fsp3) is 0.241. The molecule has 10 heteroatoms. The van der Waals surface area contributed by atoms with Crippen LogP contribution in [0, 0.1) is 10.8 Å². The summed E-state index contributed by atoms with van der Waals surface area (Å²) in [5, 5.41) is 17.1. The SMILES string of the molecule is COCCOC(=N)c1ccc(-c2cn(-c3ccc(C(=N)OCCOC)cc3)c(SCc3cccnc3)n2)cc1. The molecular weight excluding hydrogens is 514 g/mol. The molecule has 0 unspecified atom stereocenters. The predicted octanol–water partition coefficient (Wildman–Crippen LogP) is 5.20. The van der Waals surface area contributed by atoms with Gasteiger partial charge in [0.15, 0.2) is 5.16 Å². The van der Waals surface area contributed by atoms with E-state index in [2.05, 4.69) is 4.98 Å².